The highest BCUT2D eigenvalue weighted by Crippen LogP contribution is 2.24. The van der Waals surface area contributed by atoms with Crippen LogP contribution in [0.15, 0.2) is 18.2 Å². The molecule has 0 amide bonds. The molecule has 2 rings (SSSR count). The second kappa shape index (κ2) is 4.06. The van der Waals surface area contributed by atoms with Gasteiger partial charge in [0.05, 0.1) is 11.3 Å². The maximum absolute atomic E-state index is 13.2. The molecule has 3 heteroatoms. The van der Waals surface area contributed by atoms with Crippen LogP contribution in [0.5, 0.6) is 0 Å². The van der Waals surface area contributed by atoms with Crippen molar-refractivity contribution >= 4 is 16.7 Å². The second-order valence-corrected chi connectivity index (χ2v) is 4.23. The Morgan fingerprint density at radius 2 is 2.18 bits per heavy atom. The minimum atomic E-state index is -0.364. The number of carbonyl (C=O) groups is 1. The largest absolute Gasteiger partial charge is 0.351 e. The minimum Gasteiger partial charge on any atom is -0.351 e. The number of benzene rings is 1. The fraction of sp³-hybridized carbons (Fsp3) is 0.214. The lowest BCUT2D eigenvalue weighted by Crippen LogP contribution is -2.09. The number of aromatic amines is 1. The summed E-state index contributed by atoms with van der Waals surface area (Å²) in [5.41, 5.74) is 1.52. The average molecular weight is 229 g/mol. The molecule has 1 heterocycles. The number of hydrogen-bond acceptors (Lipinski definition) is 1. The van der Waals surface area contributed by atoms with E-state index in [1.54, 1.807) is 19.9 Å². The third-order valence-electron chi connectivity index (χ3n) is 2.68. The van der Waals surface area contributed by atoms with Crippen molar-refractivity contribution in [3.05, 3.63) is 35.3 Å². The van der Waals surface area contributed by atoms with E-state index in [1.807, 2.05) is 0 Å². The maximum atomic E-state index is 13.2. The Labute approximate surface area is 98.8 Å². The van der Waals surface area contributed by atoms with Crippen molar-refractivity contribution in [3.8, 4) is 12.3 Å². The van der Waals surface area contributed by atoms with Crippen molar-refractivity contribution in [2.75, 3.05) is 0 Å². The summed E-state index contributed by atoms with van der Waals surface area (Å²) in [6.45, 7) is 3.60. The molecule has 0 aliphatic rings. The lowest BCUT2D eigenvalue weighted by Gasteiger charge is -2.01. The number of hydrogen-bond donors (Lipinski definition) is 1. The first-order chi connectivity index (χ1) is 8.04. The van der Waals surface area contributed by atoms with Gasteiger partial charge in [0.2, 0.25) is 0 Å². The molecule has 0 saturated heterocycles. The SMILES string of the molecule is C#Cc1c(C(=O)C(C)C)[nH]c2ccc(F)cc12. The van der Waals surface area contributed by atoms with Crippen LogP contribution in [0.3, 0.4) is 0 Å². The predicted octanol–water partition coefficient (Wildman–Crippen LogP) is 3.13. The third kappa shape index (κ3) is 1.83. The number of rotatable bonds is 2. The monoisotopic (exact) mass is 229 g/mol. The number of terminal acetylenes is 1. The van der Waals surface area contributed by atoms with E-state index in [9.17, 15) is 9.18 Å². The lowest BCUT2D eigenvalue weighted by molar-refractivity contribution is 0.0935. The topological polar surface area (TPSA) is 32.9 Å². The molecule has 0 aliphatic carbocycles. The molecule has 0 saturated carbocycles. The van der Waals surface area contributed by atoms with Gasteiger partial charge in [-0.25, -0.2) is 4.39 Å². The first kappa shape index (κ1) is 11.4. The Balaban J connectivity index is 2.74. The van der Waals surface area contributed by atoms with E-state index in [2.05, 4.69) is 10.9 Å². The molecule has 0 bridgehead atoms. The van der Waals surface area contributed by atoms with Crippen molar-refractivity contribution in [2.24, 2.45) is 5.92 Å². The molecule has 0 unspecified atom stereocenters. The summed E-state index contributed by atoms with van der Waals surface area (Å²) in [5, 5.41) is 0.580. The Morgan fingerprint density at radius 1 is 1.47 bits per heavy atom. The van der Waals surface area contributed by atoms with Crippen LogP contribution in [0.2, 0.25) is 0 Å². The minimum absolute atomic E-state index is 0.0606. The Hall–Kier alpha value is -2.08. The highest BCUT2D eigenvalue weighted by Gasteiger charge is 2.19. The fourth-order valence-electron chi connectivity index (χ4n) is 1.79. The first-order valence-electron chi connectivity index (χ1n) is 5.36. The van der Waals surface area contributed by atoms with Crippen LogP contribution in [-0.2, 0) is 0 Å². The second-order valence-electron chi connectivity index (χ2n) is 4.23. The van der Waals surface area contributed by atoms with Crippen molar-refractivity contribution < 1.29 is 9.18 Å². The highest BCUT2D eigenvalue weighted by molar-refractivity contribution is 6.04. The maximum Gasteiger partial charge on any atom is 0.182 e. The van der Waals surface area contributed by atoms with Gasteiger partial charge in [0.15, 0.2) is 5.78 Å². The molecule has 0 atom stereocenters. The zero-order valence-electron chi connectivity index (χ0n) is 9.67. The predicted molar refractivity (Wildman–Crippen MR) is 65.4 cm³/mol. The van der Waals surface area contributed by atoms with Gasteiger partial charge in [-0.2, -0.15) is 0 Å². The Kier molecular flexibility index (Phi) is 2.72. The Morgan fingerprint density at radius 3 is 2.76 bits per heavy atom. The van der Waals surface area contributed by atoms with Gasteiger partial charge in [-0.3, -0.25) is 4.79 Å². The summed E-state index contributed by atoms with van der Waals surface area (Å²) in [6, 6.07) is 4.27. The van der Waals surface area contributed by atoms with E-state index in [4.69, 9.17) is 6.42 Å². The molecular formula is C14H12FNO. The van der Waals surface area contributed by atoms with Crippen molar-refractivity contribution in [3.63, 3.8) is 0 Å². The number of Topliss-reactive ketones (excluding diaryl/α,β-unsaturated/α-hetero) is 1. The number of aromatic nitrogens is 1. The Bertz CT molecular complexity index is 631. The normalized spacial score (nSPS) is 10.8. The molecule has 1 aromatic heterocycles. The van der Waals surface area contributed by atoms with Gasteiger partial charge in [0.1, 0.15) is 5.82 Å². The van der Waals surface area contributed by atoms with Gasteiger partial charge in [-0.05, 0) is 18.2 Å². The van der Waals surface area contributed by atoms with Gasteiger partial charge in [-0.15, -0.1) is 6.42 Å². The molecule has 0 radical (unpaired) electrons. The summed E-state index contributed by atoms with van der Waals surface area (Å²) in [4.78, 5) is 14.9. The number of halogens is 1. The van der Waals surface area contributed by atoms with E-state index in [0.717, 1.165) is 0 Å². The number of fused-ring (bicyclic) bond motifs is 1. The van der Waals surface area contributed by atoms with Gasteiger partial charge in [0.25, 0.3) is 0 Å². The molecule has 0 aliphatic heterocycles. The summed E-state index contributed by atoms with van der Waals surface area (Å²) < 4.78 is 13.2. The van der Waals surface area contributed by atoms with Crippen molar-refractivity contribution in [1.29, 1.82) is 0 Å². The van der Waals surface area contributed by atoms with Crippen LogP contribution in [0.1, 0.15) is 29.9 Å². The highest BCUT2D eigenvalue weighted by atomic mass is 19.1. The van der Waals surface area contributed by atoms with Crippen LogP contribution in [0, 0.1) is 24.1 Å². The van der Waals surface area contributed by atoms with Gasteiger partial charge < -0.3 is 4.98 Å². The zero-order chi connectivity index (χ0) is 12.6. The number of carbonyl (C=O) groups excluding carboxylic acids is 1. The first-order valence-corrected chi connectivity index (χ1v) is 5.36. The molecule has 17 heavy (non-hydrogen) atoms. The third-order valence-corrected chi connectivity index (χ3v) is 2.68. The molecule has 2 nitrogen and oxygen atoms in total. The van der Waals surface area contributed by atoms with Crippen LogP contribution in [0.4, 0.5) is 4.39 Å². The molecule has 2 aromatic rings. The molecule has 0 spiro atoms. The van der Waals surface area contributed by atoms with E-state index in [1.165, 1.54) is 12.1 Å². The molecule has 86 valence electrons. The smallest absolute Gasteiger partial charge is 0.182 e. The van der Waals surface area contributed by atoms with Crippen LogP contribution in [-0.4, -0.2) is 10.8 Å². The van der Waals surface area contributed by atoms with Crippen molar-refractivity contribution in [2.45, 2.75) is 13.8 Å². The number of H-pyrrole nitrogens is 1. The van der Waals surface area contributed by atoms with Crippen LogP contribution < -0.4 is 0 Å². The van der Waals surface area contributed by atoms with E-state index in [-0.39, 0.29) is 17.5 Å². The van der Waals surface area contributed by atoms with Crippen LogP contribution in [0.25, 0.3) is 10.9 Å². The van der Waals surface area contributed by atoms with Gasteiger partial charge >= 0.3 is 0 Å². The van der Waals surface area contributed by atoms with Gasteiger partial charge in [0, 0.05) is 16.8 Å². The zero-order valence-corrected chi connectivity index (χ0v) is 9.67. The summed E-state index contributed by atoms with van der Waals surface area (Å²) >= 11 is 0. The molecule has 0 fully saturated rings. The molecule has 1 aromatic carbocycles. The summed E-state index contributed by atoms with van der Waals surface area (Å²) in [7, 11) is 0. The van der Waals surface area contributed by atoms with E-state index >= 15 is 0 Å². The quantitative estimate of drug-likeness (QED) is 0.622. The number of ketones is 1. The molecular weight excluding hydrogens is 217 g/mol. The van der Waals surface area contributed by atoms with Crippen LogP contribution >= 0.6 is 0 Å². The standard InChI is InChI=1S/C14H12FNO/c1-4-10-11-7-9(15)5-6-12(11)16-13(10)14(17)8(2)3/h1,5-8,16H,2-3H3. The molecule has 1 N–H and O–H groups in total. The fourth-order valence-corrected chi connectivity index (χ4v) is 1.79. The number of nitrogens with one attached hydrogen (secondary N) is 1. The van der Waals surface area contributed by atoms with Crippen molar-refractivity contribution in [1.82, 2.24) is 4.98 Å². The van der Waals surface area contributed by atoms with E-state index < -0.39 is 0 Å². The average Bonchev–Trinajstić information content (AvgIpc) is 2.65. The summed E-state index contributed by atoms with van der Waals surface area (Å²) in [5.74, 6) is 1.89. The van der Waals surface area contributed by atoms with E-state index in [0.29, 0.717) is 22.2 Å². The van der Waals surface area contributed by atoms with Gasteiger partial charge in [-0.1, -0.05) is 19.8 Å². The lowest BCUT2D eigenvalue weighted by atomic mass is 10.0. The summed E-state index contributed by atoms with van der Waals surface area (Å²) in [6.07, 6.45) is 5.40.